The molecule has 1 heterocycles. The Hall–Kier alpha value is -1.59. The Morgan fingerprint density at radius 3 is 2.62 bits per heavy atom. The average Bonchev–Trinajstić information content (AvgIpc) is 2.60. The number of ether oxygens (including phenoxy) is 2. The fraction of sp³-hybridized carbons (Fsp3) is 0.632. The summed E-state index contributed by atoms with van der Waals surface area (Å²) in [6.45, 7) is 4.89. The maximum absolute atomic E-state index is 12.2. The highest BCUT2D eigenvalue weighted by atomic mass is 16.5. The van der Waals surface area contributed by atoms with Gasteiger partial charge in [-0.25, -0.2) is 4.79 Å². The van der Waals surface area contributed by atoms with E-state index in [0.717, 1.165) is 45.5 Å². The third-order valence-electron chi connectivity index (χ3n) is 5.26. The number of benzene rings is 1. The molecule has 1 aromatic carbocycles. The van der Waals surface area contributed by atoms with E-state index in [1.807, 2.05) is 13.0 Å². The second kappa shape index (κ2) is 7.99. The van der Waals surface area contributed by atoms with E-state index in [1.54, 1.807) is 0 Å². The number of carbonyl (C=O) groups is 1. The number of amides is 2. The molecule has 3 rings (SSSR count). The summed E-state index contributed by atoms with van der Waals surface area (Å²) in [7, 11) is 0. The van der Waals surface area contributed by atoms with Gasteiger partial charge in [0.1, 0.15) is 0 Å². The fourth-order valence-electron chi connectivity index (χ4n) is 3.66. The van der Waals surface area contributed by atoms with Gasteiger partial charge in [0.25, 0.3) is 0 Å². The van der Waals surface area contributed by atoms with E-state index in [0.29, 0.717) is 12.6 Å². The Morgan fingerprint density at radius 2 is 1.96 bits per heavy atom. The first-order chi connectivity index (χ1) is 11.7. The van der Waals surface area contributed by atoms with Crippen LogP contribution in [0.3, 0.4) is 0 Å². The van der Waals surface area contributed by atoms with E-state index in [2.05, 4.69) is 34.9 Å². The van der Waals surface area contributed by atoms with Gasteiger partial charge < -0.3 is 20.1 Å². The molecule has 1 aliphatic heterocycles. The Labute approximate surface area is 144 Å². The normalized spacial score (nSPS) is 25.5. The molecule has 2 N–H and O–H groups in total. The number of hydrogen-bond acceptors (Lipinski definition) is 3. The van der Waals surface area contributed by atoms with Gasteiger partial charge in [-0.15, -0.1) is 0 Å². The van der Waals surface area contributed by atoms with Gasteiger partial charge in [0.2, 0.25) is 0 Å². The summed E-state index contributed by atoms with van der Waals surface area (Å²) in [6.07, 6.45) is 4.02. The van der Waals surface area contributed by atoms with Crippen LogP contribution in [-0.4, -0.2) is 44.5 Å². The van der Waals surface area contributed by atoms with E-state index in [4.69, 9.17) is 9.47 Å². The molecule has 2 fully saturated rings. The lowest BCUT2D eigenvalue weighted by atomic mass is 9.74. The number of nitrogens with one attached hydrogen (secondary N) is 2. The Balaban J connectivity index is 1.52. The van der Waals surface area contributed by atoms with Crippen LogP contribution in [0, 0.1) is 0 Å². The van der Waals surface area contributed by atoms with Crippen molar-refractivity contribution in [2.24, 2.45) is 0 Å². The average molecular weight is 332 g/mol. The van der Waals surface area contributed by atoms with Crippen LogP contribution in [0.1, 0.15) is 38.2 Å². The van der Waals surface area contributed by atoms with Crippen LogP contribution in [0.2, 0.25) is 0 Å². The molecule has 5 heteroatoms. The quantitative estimate of drug-likeness (QED) is 0.842. The Kier molecular flexibility index (Phi) is 5.74. The zero-order chi connectivity index (χ0) is 16.8. The molecule has 24 heavy (non-hydrogen) atoms. The van der Waals surface area contributed by atoms with E-state index in [-0.39, 0.29) is 17.5 Å². The van der Waals surface area contributed by atoms with Crippen molar-refractivity contribution in [1.29, 1.82) is 0 Å². The summed E-state index contributed by atoms with van der Waals surface area (Å²) in [4.78, 5) is 12.2. The van der Waals surface area contributed by atoms with Crippen molar-refractivity contribution in [2.45, 2.75) is 50.2 Å². The van der Waals surface area contributed by atoms with Gasteiger partial charge in [-0.2, -0.15) is 0 Å². The van der Waals surface area contributed by atoms with Gasteiger partial charge >= 0.3 is 6.03 Å². The smallest absolute Gasteiger partial charge is 0.315 e. The van der Waals surface area contributed by atoms with Gasteiger partial charge in [-0.3, -0.25) is 0 Å². The first-order valence-electron chi connectivity index (χ1n) is 9.01. The van der Waals surface area contributed by atoms with Crippen LogP contribution in [0.15, 0.2) is 30.3 Å². The van der Waals surface area contributed by atoms with Crippen LogP contribution in [0.5, 0.6) is 0 Å². The van der Waals surface area contributed by atoms with E-state index >= 15 is 0 Å². The number of hydrogen-bond donors (Lipinski definition) is 2. The zero-order valence-corrected chi connectivity index (χ0v) is 14.4. The van der Waals surface area contributed by atoms with Gasteiger partial charge in [0.05, 0.1) is 6.10 Å². The molecule has 0 bridgehead atoms. The summed E-state index contributed by atoms with van der Waals surface area (Å²) in [5, 5.41) is 6.14. The summed E-state index contributed by atoms with van der Waals surface area (Å²) in [5.74, 6) is 0. The predicted molar refractivity (Wildman–Crippen MR) is 93.1 cm³/mol. The largest absolute Gasteiger partial charge is 0.381 e. The van der Waals surface area contributed by atoms with Crippen molar-refractivity contribution in [1.82, 2.24) is 10.6 Å². The molecular formula is C19H28N2O3. The number of urea groups is 1. The lowest BCUT2D eigenvalue weighted by Gasteiger charge is -2.39. The molecule has 0 spiro atoms. The lowest BCUT2D eigenvalue weighted by Crippen LogP contribution is -2.53. The van der Waals surface area contributed by atoms with Crippen molar-refractivity contribution in [3.8, 4) is 0 Å². The Bertz CT molecular complexity index is 523. The molecule has 5 nitrogen and oxygen atoms in total. The molecular weight excluding hydrogens is 304 g/mol. The number of rotatable bonds is 6. The lowest BCUT2D eigenvalue weighted by molar-refractivity contribution is -0.00722. The summed E-state index contributed by atoms with van der Waals surface area (Å²) in [6, 6.07) is 10.6. The first-order valence-corrected chi connectivity index (χ1v) is 9.01. The van der Waals surface area contributed by atoms with E-state index < -0.39 is 0 Å². The first kappa shape index (κ1) is 17.2. The Morgan fingerprint density at radius 1 is 1.25 bits per heavy atom. The molecule has 1 aliphatic carbocycles. The third kappa shape index (κ3) is 4.08. The van der Waals surface area contributed by atoms with Crippen molar-refractivity contribution < 1.29 is 14.3 Å². The minimum absolute atomic E-state index is 0.0235. The second-order valence-corrected chi connectivity index (χ2v) is 6.83. The van der Waals surface area contributed by atoms with Crippen molar-refractivity contribution >= 4 is 6.03 Å². The highest BCUT2D eigenvalue weighted by Gasteiger charge is 2.35. The standard InChI is InChI=1S/C19H28N2O3/c1-2-24-17-12-16(13-17)21-18(22)20-14-19(8-10-23-11-9-19)15-6-4-3-5-7-15/h3-7,16-17H,2,8-14H2,1H3,(H2,20,21,22). The van der Waals surface area contributed by atoms with Crippen LogP contribution in [0.4, 0.5) is 4.79 Å². The fourth-order valence-corrected chi connectivity index (χ4v) is 3.66. The third-order valence-corrected chi connectivity index (χ3v) is 5.26. The second-order valence-electron chi connectivity index (χ2n) is 6.83. The van der Waals surface area contributed by atoms with Crippen LogP contribution in [-0.2, 0) is 14.9 Å². The zero-order valence-electron chi connectivity index (χ0n) is 14.4. The monoisotopic (exact) mass is 332 g/mol. The summed E-state index contributed by atoms with van der Waals surface area (Å²) < 4.78 is 11.1. The molecule has 132 valence electrons. The predicted octanol–water partition coefficient (Wildman–Crippen LogP) is 2.60. The summed E-state index contributed by atoms with van der Waals surface area (Å²) in [5.41, 5.74) is 1.26. The van der Waals surface area contributed by atoms with Crippen LogP contribution >= 0.6 is 0 Å². The summed E-state index contributed by atoms with van der Waals surface area (Å²) >= 11 is 0. The van der Waals surface area contributed by atoms with Gasteiger partial charge in [0.15, 0.2) is 0 Å². The minimum atomic E-state index is -0.0725. The molecule has 0 radical (unpaired) electrons. The molecule has 1 saturated carbocycles. The molecule has 0 unspecified atom stereocenters. The highest BCUT2D eigenvalue weighted by molar-refractivity contribution is 5.74. The van der Waals surface area contributed by atoms with E-state index in [9.17, 15) is 4.79 Å². The van der Waals surface area contributed by atoms with E-state index in [1.165, 1.54) is 5.56 Å². The molecule has 1 aromatic rings. The number of carbonyl (C=O) groups excluding carboxylic acids is 1. The molecule has 0 aromatic heterocycles. The van der Waals surface area contributed by atoms with Crippen molar-refractivity contribution in [3.05, 3.63) is 35.9 Å². The SMILES string of the molecule is CCOC1CC(NC(=O)NCC2(c3ccccc3)CCOCC2)C1. The topological polar surface area (TPSA) is 59.6 Å². The van der Waals surface area contributed by atoms with Crippen LogP contribution in [0.25, 0.3) is 0 Å². The van der Waals surface area contributed by atoms with Gasteiger partial charge in [-0.05, 0) is 38.2 Å². The maximum atomic E-state index is 12.2. The van der Waals surface area contributed by atoms with Gasteiger partial charge in [0, 0.05) is 37.8 Å². The highest BCUT2D eigenvalue weighted by Crippen LogP contribution is 2.34. The molecule has 1 saturated heterocycles. The van der Waals surface area contributed by atoms with Crippen molar-refractivity contribution in [2.75, 3.05) is 26.4 Å². The minimum Gasteiger partial charge on any atom is -0.381 e. The molecule has 2 aliphatic rings. The molecule has 0 atom stereocenters. The van der Waals surface area contributed by atoms with Crippen LogP contribution < -0.4 is 10.6 Å². The van der Waals surface area contributed by atoms with Crippen molar-refractivity contribution in [3.63, 3.8) is 0 Å². The van der Waals surface area contributed by atoms with Gasteiger partial charge in [-0.1, -0.05) is 30.3 Å². The maximum Gasteiger partial charge on any atom is 0.315 e. The molecule has 2 amide bonds.